The summed E-state index contributed by atoms with van der Waals surface area (Å²) >= 11 is 0. The van der Waals surface area contributed by atoms with Crippen LogP contribution in [0.5, 0.6) is 11.5 Å². The van der Waals surface area contributed by atoms with Gasteiger partial charge in [-0.1, -0.05) is 0 Å². The number of aliphatic hydroxyl groups is 4. The van der Waals surface area contributed by atoms with Gasteiger partial charge in [0, 0.05) is 12.1 Å². The minimum absolute atomic E-state index is 0.0676. The maximum Gasteiger partial charge on any atom is 0.269 e. The number of rotatable bonds is 7. The van der Waals surface area contributed by atoms with Gasteiger partial charge in [-0.05, 0) is 47.5 Å². The molecule has 1 aliphatic rings. The number of non-ortho nitro benzene ring substituents is 1. The highest BCUT2D eigenvalue weighted by Gasteiger charge is 2.44. The second-order valence-electron chi connectivity index (χ2n) is 7.20. The van der Waals surface area contributed by atoms with E-state index in [2.05, 4.69) is 6.07 Å². The van der Waals surface area contributed by atoms with Crippen LogP contribution in [-0.2, 0) is 4.74 Å². The van der Waals surface area contributed by atoms with E-state index in [9.17, 15) is 35.8 Å². The van der Waals surface area contributed by atoms with Crippen molar-refractivity contribution in [3.8, 4) is 17.6 Å². The van der Waals surface area contributed by atoms with Crippen molar-refractivity contribution < 1.29 is 39.6 Å². The Morgan fingerprint density at radius 1 is 1.15 bits per heavy atom. The Morgan fingerprint density at radius 3 is 2.42 bits per heavy atom. The number of nitrogens with zero attached hydrogens (tertiary/aromatic N) is 2. The van der Waals surface area contributed by atoms with Gasteiger partial charge in [0.15, 0.2) is 11.5 Å². The minimum Gasteiger partial charge on any atom is -0.493 e. The zero-order chi connectivity index (χ0) is 24.1. The average Bonchev–Trinajstić information content (AvgIpc) is 2.83. The highest BCUT2D eigenvalue weighted by Crippen LogP contribution is 2.34. The summed E-state index contributed by atoms with van der Waals surface area (Å²) in [5, 5.41) is 59.7. The van der Waals surface area contributed by atoms with Gasteiger partial charge < -0.3 is 34.6 Å². The number of ether oxygens (including phenoxy) is 3. The van der Waals surface area contributed by atoms with Gasteiger partial charge in [0.25, 0.3) is 5.69 Å². The van der Waals surface area contributed by atoms with Gasteiger partial charge in [0.1, 0.15) is 24.4 Å². The van der Waals surface area contributed by atoms with Crippen molar-refractivity contribution >= 4 is 17.3 Å². The van der Waals surface area contributed by atoms with E-state index in [4.69, 9.17) is 14.2 Å². The summed E-state index contributed by atoms with van der Waals surface area (Å²) in [6, 6.07) is 12.3. The Bertz CT molecular complexity index is 1060. The SMILES string of the molecule is COc1cc(/C(C#N)=C/c2ccc([N+](=O)[O-])cc2)ccc1OC1OC(CO)C(O)C(O)C1O. The largest absolute Gasteiger partial charge is 0.493 e. The average molecular weight is 458 g/mol. The van der Waals surface area contributed by atoms with Gasteiger partial charge in [-0.25, -0.2) is 0 Å². The van der Waals surface area contributed by atoms with Crippen LogP contribution in [0.25, 0.3) is 11.6 Å². The van der Waals surface area contributed by atoms with Crippen LogP contribution < -0.4 is 9.47 Å². The molecule has 2 aromatic rings. The zero-order valence-corrected chi connectivity index (χ0v) is 17.4. The van der Waals surface area contributed by atoms with Crippen molar-refractivity contribution in [2.45, 2.75) is 30.7 Å². The molecule has 1 fully saturated rings. The van der Waals surface area contributed by atoms with E-state index in [1.807, 2.05) is 0 Å². The maximum atomic E-state index is 10.8. The normalized spacial score (nSPS) is 25.2. The Hall–Kier alpha value is -3.53. The molecule has 2 aromatic carbocycles. The third-order valence-corrected chi connectivity index (χ3v) is 5.10. The summed E-state index contributed by atoms with van der Waals surface area (Å²) in [6.45, 7) is -0.597. The molecule has 0 radical (unpaired) electrons. The summed E-state index contributed by atoms with van der Waals surface area (Å²) in [6.07, 6.45) is -5.68. The van der Waals surface area contributed by atoms with Crippen LogP contribution in [0.4, 0.5) is 5.69 Å². The van der Waals surface area contributed by atoms with Crippen LogP contribution in [0.2, 0.25) is 0 Å². The number of methoxy groups -OCH3 is 1. The molecule has 1 heterocycles. The lowest BCUT2D eigenvalue weighted by molar-refractivity contribution is -0.384. The van der Waals surface area contributed by atoms with Crippen molar-refractivity contribution in [1.29, 1.82) is 5.26 Å². The zero-order valence-electron chi connectivity index (χ0n) is 17.4. The first-order valence-corrected chi connectivity index (χ1v) is 9.81. The fourth-order valence-corrected chi connectivity index (χ4v) is 3.26. The van der Waals surface area contributed by atoms with E-state index in [0.717, 1.165) is 0 Å². The molecule has 1 aliphatic heterocycles. The first-order valence-electron chi connectivity index (χ1n) is 9.81. The summed E-state index contributed by atoms with van der Waals surface area (Å²) in [5.41, 5.74) is 1.23. The van der Waals surface area contributed by atoms with Crippen LogP contribution in [0.1, 0.15) is 11.1 Å². The van der Waals surface area contributed by atoms with Crippen LogP contribution in [0.15, 0.2) is 42.5 Å². The molecule has 0 saturated carbocycles. The predicted octanol–water partition coefficient (Wildman–Crippen LogP) is 0.846. The van der Waals surface area contributed by atoms with Gasteiger partial charge >= 0.3 is 0 Å². The molecule has 5 atom stereocenters. The third kappa shape index (κ3) is 5.28. The second-order valence-corrected chi connectivity index (χ2v) is 7.20. The monoisotopic (exact) mass is 458 g/mol. The number of benzene rings is 2. The molecule has 0 bridgehead atoms. The fourth-order valence-electron chi connectivity index (χ4n) is 3.26. The highest BCUT2D eigenvalue weighted by atomic mass is 16.7. The lowest BCUT2D eigenvalue weighted by Crippen LogP contribution is -2.60. The number of hydrogen-bond acceptors (Lipinski definition) is 10. The van der Waals surface area contributed by atoms with Crippen LogP contribution in [0, 0.1) is 21.4 Å². The number of nitro groups is 1. The van der Waals surface area contributed by atoms with Crippen molar-refractivity contribution in [2.75, 3.05) is 13.7 Å². The predicted molar refractivity (Wildman–Crippen MR) is 114 cm³/mol. The molecule has 4 N–H and O–H groups in total. The van der Waals surface area contributed by atoms with Crippen LogP contribution in [-0.4, -0.2) is 69.8 Å². The Kier molecular flexibility index (Phi) is 7.59. The molecular weight excluding hydrogens is 436 g/mol. The molecule has 1 saturated heterocycles. The molecule has 5 unspecified atom stereocenters. The van der Waals surface area contributed by atoms with E-state index >= 15 is 0 Å². The standard InChI is InChI=1S/C22H22N2O9/c1-31-17-9-13(14(10-23)8-12-2-5-15(6-3-12)24(29)30)4-7-16(17)32-22-21(28)20(27)19(26)18(11-25)33-22/h2-9,18-22,25-28H,11H2,1H3/b14-8+. The van der Waals surface area contributed by atoms with E-state index in [-0.39, 0.29) is 22.8 Å². The number of allylic oxidation sites excluding steroid dienone is 1. The Balaban J connectivity index is 1.85. The van der Waals surface area contributed by atoms with Gasteiger partial charge in [0.2, 0.25) is 6.29 Å². The van der Waals surface area contributed by atoms with E-state index in [1.165, 1.54) is 43.5 Å². The van der Waals surface area contributed by atoms with E-state index < -0.39 is 42.2 Å². The molecular formula is C22H22N2O9. The molecule has 0 amide bonds. The summed E-state index contributed by atoms with van der Waals surface area (Å²) in [4.78, 5) is 10.3. The quantitative estimate of drug-likeness (QED) is 0.201. The topological polar surface area (TPSA) is 176 Å². The molecule has 33 heavy (non-hydrogen) atoms. The lowest BCUT2D eigenvalue weighted by Gasteiger charge is -2.39. The summed E-state index contributed by atoms with van der Waals surface area (Å²) in [5.74, 6) is 0.313. The third-order valence-electron chi connectivity index (χ3n) is 5.10. The molecule has 0 aromatic heterocycles. The molecule has 0 aliphatic carbocycles. The van der Waals surface area contributed by atoms with E-state index in [0.29, 0.717) is 11.1 Å². The number of nitro benzene ring substituents is 1. The van der Waals surface area contributed by atoms with E-state index in [1.54, 1.807) is 12.1 Å². The second kappa shape index (κ2) is 10.4. The van der Waals surface area contributed by atoms with Gasteiger partial charge in [-0.2, -0.15) is 5.26 Å². The summed E-state index contributed by atoms with van der Waals surface area (Å²) < 4.78 is 16.3. The fraction of sp³-hybridized carbons (Fsp3) is 0.318. The number of hydrogen-bond donors (Lipinski definition) is 4. The number of nitriles is 1. The Morgan fingerprint density at radius 2 is 1.85 bits per heavy atom. The van der Waals surface area contributed by atoms with Gasteiger partial charge in [0.05, 0.1) is 30.3 Å². The van der Waals surface area contributed by atoms with Crippen LogP contribution in [0.3, 0.4) is 0 Å². The molecule has 3 rings (SSSR count). The summed E-state index contributed by atoms with van der Waals surface area (Å²) in [7, 11) is 1.37. The number of aliphatic hydroxyl groups excluding tert-OH is 4. The van der Waals surface area contributed by atoms with Crippen LogP contribution >= 0.6 is 0 Å². The van der Waals surface area contributed by atoms with Gasteiger partial charge in [-0.3, -0.25) is 10.1 Å². The maximum absolute atomic E-state index is 10.8. The molecule has 0 spiro atoms. The van der Waals surface area contributed by atoms with Gasteiger partial charge in [-0.15, -0.1) is 0 Å². The minimum atomic E-state index is -1.60. The molecule has 11 heteroatoms. The van der Waals surface area contributed by atoms with Crippen molar-refractivity contribution in [3.63, 3.8) is 0 Å². The Labute approximate surface area is 188 Å². The van der Waals surface area contributed by atoms with Crippen molar-refractivity contribution in [1.82, 2.24) is 0 Å². The first kappa shape index (κ1) is 24.1. The molecule has 174 valence electrons. The molecule has 11 nitrogen and oxygen atoms in total. The smallest absolute Gasteiger partial charge is 0.269 e. The highest BCUT2D eigenvalue weighted by molar-refractivity contribution is 5.90. The lowest BCUT2D eigenvalue weighted by atomic mass is 9.99. The first-order chi connectivity index (χ1) is 15.8. The van der Waals surface area contributed by atoms with Crippen molar-refractivity contribution in [3.05, 3.63) is 63.7 Å². The van der Waals surface area contributed by atoms with Crippen molar-refractivity contribution in [2.24, 2.45) is 0 Å².